The number of fused-ring (bicyclic) bond motifs is 3. The molecule has 4 rings (SSSR count). The van der Waals surface area contributed by atoms with Crippen molar-refractivity contribution in [2.45, 2.75) is 88.4 Å². The number of ether oxygens (including phenoxy) is 1. The highest BCUT2D eigenvalue weighted by Crippen LogP contribution is 2.58. The van der Waals surface area contributed by atoms with Crippen LogP contribution in [-0.2, 0) is 4.74 Å². The monoisotopic (exact) mass is 281 g/mol. The summed E-state index contributed by atoms with van der Waals surface area (Å²) in [5.74, 6) is 1.06. The molecule has 2 aliphatic carbocycles. The van der Waals surface area contributed by atoms with Crippen LogP contribution >= 0.6 is 0 Å². The fraction of sp³-hybridized carbons (Fsp3) is 1.00. The Morgan fingerprint density at radius 3 is 2.45 bits per heavy atom. The molecule has 3 nitrogen and oxygen atoms in total. The van der Waals surface area contributed by atoms with Crippen LogP contribution in [0.25, 0.3) is 0 Å². The van der Waals surface area contributed by atoms with Gasteiger partial charge in [0, 0.05) is 18.1 Å². The number of rotatable bonds is 3. The van der Waals surface area contributed by atoms with E-state index in [1.165, 1.54) is 44.9 Å². The molecule has 0 aromatic carbocycles. The lowest BCUT2D eigenvalue weighted by atomic mass is 9.54. The van der Waals surface area contributed by atoms with Crippen molar-refractivity contribution in [1.82, 2.24) is 0 Å². The Morgan fingerprint density at radius 2 is 1.85 bits per heavy atom. The van der Waals surface area contributed by atoms with Crippen molar-refractivity contribution in [3.05, 3.63) is 0 Å². The number of nitrogens with two attached hydrogens (primary N) is 1. The summed E-state index contributed by atoms with van der Waals surface area (Å²) in [5.41, 5.74) is 6.40. The zero-order chi connectivity index (χ0) is 14.4. The minimum atomic E-state index is -0.230. The predicted octanol–water partition coefficient (Wildman–Crippen LogP) is 2.99. The predicted molar refractivity (Wildman–Crippen MR) is 80.4 cm³/mol. The molecule has 2 aliphatic heterocycles. The second-order valence-corrected chi connectivity index (χ2v) is 8.08. The number of hydrogen-bond acceptors (Lipinski definition) is 3. The maximum atomic E-state index is 9.46. The van der Waals surface area contributed by atoms with Crippen LogP contribution in [0.4, 0.5) is 0 Å². The van der Waals surface area contributed by atoms with Gasteiger partial charge in [0.15, 0.2) is 0 Å². The first kappa shape index (κ1) is 14.8. The molecule has 3 heteroatoms. The van der Waals surface area contributed by atoms with Crippen LogP contribution < -0.4 is 5.73 Å². The molecule has 3 N–H and O–H groups in total. The summed E-state index contributed by atoms with van der Waals surface area (Å²) in [7, 11) is 0. The molecule has 2 bridgehead atoms. The second-order valence-electron chi connectivity index (χ2n) is 8.08. The molecule has 0 amide bonds. The van der Waals surface area contributed by atoms with Gasteiger partial charge in [0.05, 0.1) is 11.2 Å². The summed E-state index contributed by atoms with van der Waals surface area (Å²) in [4.78, 5) is 0. The van der Waals surface area contributed by atoms with E-state index in [1.54, 1.807) is 0 Å². The fourth-order valence-corrected chi connectivity index (χ4v) is 5.70. The van der Waals surface area contributed by atoms with Gasteiger partial charge < -0.3 is 15.6 Å². The number of hydrogen-bond donors (Lipinski definition) is 2. The summed E-state index contributed by atoms with van der Waals surface area (Å²) in [6.45, 7) is 4.63. The molecule has 4 aliphatic rings. The van der Waals surface area contributed by atoms with Gasteiger partial charge in [0.2, 0.25) is 0 Å². The van der Waals surface area contributed by atoms with E-state index >= 15 is 0 Å². The molecule has 116 valence electrons. The van der Waals surface area contributed by atoms with Crippen LogP contribution in [0, 0.1) is 11.8 Å². The third-order valence-electron chi connectivity index (χ3n) is 6.41. The third-order valence-corrected chi connectivity index (χ3v) is 6.41. The first-order chi connectivity index (χ1) is 9.42. The normalized spacial score (nSPS) is 44.7. The maximum Gasteiger partial charge on any atom is 0.0735 e. The SMILES string of the molecule is CC1(C)OC2(C3CCCCC3)CCC1C(N)(CCO)C2. The summed E-state index contributed by atoms with van der Waals surface area (Å²) < 4.78 is 6.68. The second kappa shape index (κ2) is 4.96. The number of aliphatic hydroxyl groups is 1. The third kappa shape index (κ3) is 2.22. The highest BCUT2D eigenvalue weighted by molar-refractivity contribution is 5.15. The van der Waals surface area contributed by atoms with Gasteiger partial charge in [-0.1, -0.05) is 19.3 Å². The summed E-state index contributed by atoms with van der Waals surface area (Å²) >= 11 is 0. The molecule has 3 atom stereocenters. The van der Waals surface area contributed by atoms with Crippen LogP contribution in [0.1, 0.15) is 71.6 Å². The Labute approximate surface area is 123 Å². The Morgan fingerprint density at radius 1 is 1.15 bits per heavy atom. The molecular weight excluding hydrogens is 250 g/mol. The standard InChI is InChI=1S/C17H31NO2/c1-15(2)14-8-9-17(20-15,12-16(14,18)10-11-19)13-6-4-3-5-7-13/h13-14,19H,3-12,18H2,1-2H3. The van der Waals surface area contributed by atoms with E-state index in [-0.39, 0.29) is 23.3 Å². The van der Waals surface area contributed by atoms with Gasteiger partial charge in [-0.3, -0.25) is 0 Å². The summed E-state index contributed by atoms with van der Waals surface area (Å²) in [6, 6.07) is 0. The summed E-state index contributed by atoms with van der Waals surface area (Å²) in [5, 5.41) is 9.46. The topological polar surface area (TPSA) is 55.5 Å². The Hall–Kier alpha value is -0.120. The minimum absolute atomic E-state index is 0.0113. The molecule has 2 saturated heterocycles. The van der Waals surface area contributed by atoms with E-state index in [1.807, 2.05) is 0 Å². The average molecular weight is 281 g/mol. The summed E-state index contributed by atoms with van der Waals surface area (Å²) in [6.07, 6.45) is 10.7. The van der Waals surface area contributed by atoms with Crippen LogP contribution in [0.15, 0.2) is 0 Å². The van der Waals surface area contributed by atoms with Gasteiger partial charge >= 0.3 is 0 Å². The van der Waals surface area contributed by atoms with Crippen LogP contribution in [0.2, 0.25) is 0 Å². The van der Waals surface area contributed by atoms with Gasteiger partial charge in [-0.15, -0.1) is 0 Å². The fourth-order valence-electron chi connectivity index (χ4n) is 5.70. The molecule has 0 aromatic heterocycles. The van der Waals surface area contributed by atoms with Gasteiger partial charge in [0.1, 0.15) is 0 Å². The first-order valence-electron chi connectivity index (χ1n) is 8.52. The molecule has 0 radical (unpaired) electrons. The zero-order valence-electron chi connectivity index (χ0n) is 13.2. The van der Waals surface area contributed by atoms with Crippen molar-refractivity contribution < 1.29 is 9.84 Å². The maximum absolute atomic E-state index is 9.46. The average Bonchev–Trinajstić information content (AvgIpc) is 2.38. The molecule has 3 unspecified atom stereocenters. The molecular formula is C17H31NO2. The van der Waals surface area contributed by atoms with Gasteiger partial charge in [-0.2, -0.15) is 0 Å². The van der Waals surface area contributed by atoms with E-state index in [4.69, 9.17) is 10.5 Å². The van der Waals surface area contributed by atoms with E-state index in [9.17, 15) is 5.11 Å². The van der Waals surface area contributed by atoms with E-state index in [0.29, 0.717) is 11.8 Å². The Balaban J connectivity index is 1.90. The lowest BCUT2D eigenvalue weighted by Crippen LogP contribution is -2.72. The van der Waals surface area contributed by atoms with Crippen molar-refractivity contribution in [3.8, 4) is 0 Å². The van der Waals surface area contributed by atoms with Gasteiger partial charge in [-0.25, -0.2) is 0 Å². The van der Waals surface area contributed by atoms with E-state index < -0.39 is 0 Å². The minimum Gasteiger partial charge on any atom is -0.396 e. The van der Waals surface area contributed by atoms with Crippen molar-refractivity contribution in [1.29, 1.82) is 0 Å². The molecule has 2 saturated carbocycles. The highest BCUT2D eigenvalue weighted by Gasteiger charge is 2.62. The molecule has 20 heavy (non-hydrogen) atoms. The van der Waals surface area contributed by atoms with Crippen LogP contribution in [-0.4, -0.2) is 28.5 Å². The Bertz CT molecular complexity index is 364. The van der Waals surface area contributed by atoms with Crippen LogP contribution in [0.3, 0.4) is 0 Å². The quantitative estimate of drug-likeness (QED) is 0.836. The Kier molecular flexibility index (Phi) is 3.67. The van der Waals surface area contributed by atoms with Gasteiger partial charge in [0.25, 0.3) is 0 Å². The first-order valence-corrected chi connectivity index (χ1v) is 8.52. The highest BCUT2D eigenvalue weighted by atomic mass is 16.5. The smallest absolute Gasteiger partial charge is 0.0735 e. The lowest BCUT2D eigenvalue weighted by molar-refractivity contribution is -0.286. The van der Waals surface area contributed by atoms with E-state index in [0.717, 1.165) is 12.8 Å². The molecule has 2 heterocycles. The van der Waals surface area contributed by atoms with Crippen molar-refractivity contribution in [2.75, 3.05) is 6.61 Å². The molecule has 0 aromatic rings. The van der Waals surface area contributed by atoms with Crippen LogP contribution in [0.5, 0.6) is 0 Å². The molecule has 0 spiro atoms. The largest absolute Gasteiger partial charge is 0.396 e. The number of aliphatic hydroxyl groups excluding tert-OH is 1. The van der Waals surface area contributed by atoms with E-state index in [2.05, 4.69) is 13.8 Å². The van der Waals surface area contributed by atoms with Crippen molar-refractivity contribution in [3.63, 3.8) is 0 Å². The van der Waals surface area contributed by atoms with Crippen molar-refractivity contribution in [2.24, 2.45) is 17.6 Å². The van der Waals surface area contributed by atoms with Crippen molar-refractivity contribution >= 4 is 0 Å². The zero-order valence-corrected chi connectivity index (χ0v) is 13.2. The van der Waals surface area contributed by atoms with Gasteiger partial charge in [-0.05, 0) is 58.3 Å². The molecule has 4 fully saturated rings. The lowest BCUT2D eigenvalue weighted by Gasteiger charge is -2.65.